The van der Waals surface area contributed by atoms with E-state index in [1.807, 2.05) is 38.4 Å². The molecular formula is C16H16BrN3O2. The standard InChI is InChI=1S/C16H16BrN3O2/c1-9-8-19(3)14-13(9)20(16(22)10(2)17)12-7-5-4-6-11(12)18-15(14)21/h4-8,10H,1-3H3,(H,18,21). The van der Waals surface area contributed by atoms with Crippen LogP contribution in [0.1, 0.15) is 23.0 Å². The number of anilines is 3. The van der Waals surface area contributed by atoms with Gasteiger partial charge in [0.15, 0.2) is 0 Å². The molecule has 0 fully saturated rings. The molecule has 2 amide bonds. The topological polar surface area (TPSA) is 54.3 Å². The molecule has 1 aromatic heterocycles. The molecule has 1 N–H and O–H groups in total. The van der Waals surface area contributed by atoms with Gasteiger partial charge in [-0.15, -0.1) is 0 Å². The molecule has 2 aromatic rings. The molecular weight excluding hydrogens is 346 g/mol. The highest BCUT2D eigenvalue weighted by Gasteiger charge is 2.34. The maximum absolute atomic E-state index is 12.8. The molecule has 1 unspecified atom stereocenters. The number of halogens is 1. The van der Waals surface area contributed by atoms with E-state index in [2.05, 4.69) is 21.2 Å². The number of aryl methyl sites for hydroxylation is 2. The number of hydrogen-bond donors (Lipinski definition) is 1. The van der Waals surface area contributed by atoms with E-state index in [1.54, 1.807) is 22.5 Å². The van der Waals surface area contributed by atoms with Crippen molar-refractivity contribution in [3.8, 4) is 0 Å². The lowest BCUT2D eigenvalue weighted by molar-refractivity contribution is -0.117. The minimum Gasteiger partial charge on any atom is -0.345 e. The first-order valence-corrected chi connectivity index (χ1v) is 7.87. The minimum atomic E-state index is -0.360. The van der Waals surface area contributed by atoms with E-state index in [4.69, 9.17) is 0 Å². The number of nitrogens with one attached hydrogen (secondary N) is 1. The average Bonchev–Trinajstić information content (AvgIpc) is 2.68. The lowest BCUT2D eigenvalue weighted by atomic mass is 10.2. The second-order valence-corrected chi connectivity index (χ2v) is 6.75. The number of fused-ring (bicyclic) bond motifs is 2. The summed E-state index contributed by atoms with van der Waals surface area (Å²) in [5.41, 5.74) is 3.31. The van der Waals surface area contributed by atoms with Crippen LogP contribution in [-0.2, 0) is 11.8 Å². The van der Waals surface area contributed by atoms with Crippen molar-refractivity contribution >= 4 is 44.8 Å². The Morgan fingerprint density at radius 1 is 1.32 bits per heavy atom. The molecule has 0 saturated heterocycles. The van der Waals surface area contributed by atoms with E-state index in [9.17, 15) is 9.59 Å². The Kier molecular flexibility index (Phi) is 3.56. The molecule has 1 aliphatic heterocycles. The van der Waals surface area contributed by atoms with Gasteiger partial charge in [-0.3, -0.25) is 14.5 Å². The van der Waals surface area contributed by atoms with E-state index < -0.39 is 0 Å². The van der Waals surface area contributed by atoms with Gasteiger partial charge in [0, 0.05) is 13.2 Å². The first-order valence-electron chi connectivity index (χ1n) is 6.96. The van der Waals surface area contributed by atoms with Crippen LogP contribution in [0.4, 0.5) is 17.1 Å². The van der Waals surface area contributed by atoms with Gasteiger partial charge in [0.25, 0.3) is 5.91 Å². The molecule has 5 nitrogen and oxygen atoms in total. The zero-order valence-electron chi connectivity index (χ0n) is 12.6. The summed E-state index contributed by atoms with van der Waals surface area (Å²) in [4.78, 5) is 26.6. The zero-order chi connectivity index (χ0) is 16.0. The molecule has 0 saturated carbocycles. The van der Waals surface area contributed by atoms with Crippen molar-refractivity contribution in [1.29, 1.82) is 0 Å². The van der Waals surface area contributed by atoms with Gasteiger partial charge in [0.2, 0.25) is 5.91 Å². The molecule has 0 spiro atoms. The summed E-state index contributed by atoms with van der Waals surface area (Å²) in [6, 6.07) is 7.33. The second kappa shape index (κ2) is 5.28. The number of amides is 2. The molecule has 3 rings (SSSR count). The molecule has 6 heteroatoms. The van der Waals surface area contributed by atoms with Gasteiger partial charge < -0.3 is 9.88 Å². The summed E-state index contributed by atoms with van der Waals surface area (Å²) in [6.45, 7) is 3.68. The van der Waals surface area contributed by atoms with Gasteiger partial charge in [0.05, 0.1) is 21.9 Å². The molecule has 1 aliphatic rings. The lowest BCUT2D eigenvalue weighted by Gasteiger charge is -2.24. The highest BCUT2D eigenvalue weighted by atomic mass is 79.9. The van der Waals surface area contributed by atoms with Gasteiger partial charge in [-0.1, -0.05) is 28.1 Å². The SMILES string of the molecule is Cc1cn(C)c2c1N(C(=O)C(C)Br)c1ccccc1NC2=O. The van der Waals surface area contributed by atoms with E-state index in [1.165, 1.54) is 0 Å². The van der Waals surface area contributed by atoms with Crippen molar-refractivity contribution in [1.82, 2.24) is 4.57 Å². The third-order valence-corrected chi connectivity index (χ3v) is 4.12. The quantitative estimate of drug-likeness (QED) is 0.791. The van der Waals surface area contributed by atoms with Crippen molar-refractivity contribution < 1.29 is 9.59 Å². The van der Waals surface area contributed by atoms with Crippen LogP contribution in [0, 0.1) is 6.92 Å². The second-order valence-electron chi connectivity index (χ2n) is 5.38. The molecule has 1 atom stereocenters. The summed E-state index contributed by atoms with van der Waals surface area (Å²) in [6.07, 6.45) is 1.86. The van der Waals surface area contributed by atoms with Crippen molar-refractivity contribution in [3.63, 3.8) is 0 Å². The van der Waals surface area contributed by atoms with Gasteiger partial charge >= 0.3 is 0 Å². The van der Waals surface area contributed by atoms with Crippen LogP contribution in [0.5, 0.6) is 0 Å². The predicted molar refractivity (Wildman–Crippen MR) is 90.1 cm³/mol. The Bertz CT molecular complexity index is 780. The van der Waals surface area contributed by atoms with Crippen LogP contribution in [0.2, 0.25) is 0 Å². The van der Waals surface area contributed by atoms with Crippen molar-refractivity contribution in [3.05, 3.63) is 41.7 Å². The minimum absolute atomic E-state index is 0.112. The summed E-state index contributed by atoms with van der Waals surface area (Å²) in [7, 11) is 1.81. The third kappa shape index (κ3) is 2.14. The first kappa shape index (κ1) is 14.8. The van der Waals surface area contributed by atoms with E-state index in [0.717, 1.165) is 5.56 Å². The first-order chi connectivity index (χ1) is 10.4. The van der Waals surface area contributed by atoms with Crippen molar-refractivity contribution in [2.24, 2.45) is 7.05 Å². The Labute approximate surface area is 137 Å². The summed E-state index contributed by atoms with van der Waals surface area (Å²) >= 11 is 3.35. The van der Waals surface area contributed by atoms with Crippen LogP contribution < -0.4 is 10.2 Å². The van der Waals surface area contributed by atoms with Crippen molar-refractivity contribution in [2.45, 2.75) is 18.7 Å². The van der Waals surface area contributed by atoms with Gasteiger partial charge in [-0.25, -0.2) is 0 Å². The van der Waals surface area contributed by atoms with E-state index in [-0.39, 0.29) is 16.6 Å². The fourth-order valence-corrected chi connectivity index (χ4v) is 3.01. The summed E-state index contributed by atoms with van der Waals surface area (Å²) < 4.78 is 1.76. The van der Waals surface area contributed by atoms with Gasteiger partial charge in [-0.05, 0) is 31.5 Å². The number of para-hydroxylation sites is 2. The van der Waals surface area contributed by atoms with Crippen molar-refractivity contribution in [2.75, 3.05) is 10.2 Å². The fourth-order valence-electron chi connectivity index (χ4n) is 2.80. The molecule has 0 bridgehead atoms. The summed E-state index contributed by atoms with van der Waals surface area (Å²) in [5.74, 6) is -0.324. The maximum Gasteiger partial charge on any atom is 0.274 e. The monoisotopic (exact) mass is 361 g/mol. The molecule has 1 aromatic carbocycles. The summed E-state index contributed by atoms with van der Waals surface area (Å²) in [5, 5.41) is 2.89. The predicted octanol–water partition coefficient (Wildman–Crippen LogP) is 3.35. The molecule has 2 heterocycles. The number of carbonyl (C=O) groups excluding carboxylic acids is 2. The number of hydrogen-bond acceptors (Lipinski definition) is 2. The Morgan fingerprint density at radius 3 is 2.68 bits per heavy atom. The van der Waals surface area contributed by atoms with Crippen LogP contribution in [0.25, 0.3) is 0 Å². The Morgan fingerprint density at radius 2 is 2.00 bits per heavy atom. The lowest BCUT2D eigenvalue weighted by Crippen LogP contribution is -2.32. The number of benzene rings is 1. The normalized spacial score (nSPS) is 14.7. The van der Waals surface area contributed by atoms with Crippen LogP contribution in [0.3, 0.4) is 0 Å². The maximum atomic E-state index is 12.8. The Balaban J connectivity index is 2.34. The number of alkyl halides is 1. The molecule has 0 aliphatic carbocycles. The number of nitrogens with zero attached hydrogens (tertiary/aromatic N) is 2. The molecule has 22 heavy (non-hydrogen) atoms. The van der Waals surface area contributed by atoms with E-state index >= 15 is 0 Å². The van der Waals surface area contributed by atoms with Crippen LogP contribution >= 0.6 is 15.9 Å². The Hall–Kier alpha value is -2.08. The molecule has 114 valence electrons. The third-order valence-electron chi connectivity index (χ3n) is 3.73. The van der Waals surface area contributed by atoms with Gasteiger partial charge in [-0.2, -0.15) is 0 Å². The van der Waals surface area contributed by atoms with Crippen LogP contribution in [-0.4, -0.2) is 21.2 Å². The van der Waals surface area contributed by atoms with E-state index in [0.29, 0.717) is 22.8 Å². The zero-order valence-corrected chi connectivity index (χ0v) is 14.1. The highest BCUT2D eigenvalue weighted by molar-refractivity contribution is 9.10. The molecule has 0 radical (unpaired) electrons. The number of carbonyl (C=O) groups is 2. The number of rotatable bonds is 1. The highest BCUT2D eigenvalue weighted by Crippen LogP contribution is 2.40. The largest absolute Gasteiger partial charge is 0.345 e. The average molecular weight is 362 g/mol. The fraction of sp³-hybridized carbons (Fsp3) is 0.250. The smallest absolute Gasteiger partial charge is 0.274 e. The van der Waals surface area contributed by atoms with Crippen LogP contribution in [0.15, 0.2) is 30.5 Å². The van der Waals surface area contributed by atoms with Gasteiger partial charge in [0.1, 0.15) is 5.69 Å². The number of aromatic nitrogens is 1.